The van der Waals surface area contributed by atoms with Crippen LogP contribution in [0.4, 0.5) is 0 Å². The molecule has 2 aromatic carbocycles. The third kappa shape index (κ3) is 8.76. The van der Waals surface area contributed by atoms with Gasteiger partial charge >= 0.3 is 0 Å². The number of guanidine groups is 1. The third-order valence-electron chi connectivity index (χ3n) is 3.84. The Balaban J connectivity index is 1.53. The SMILES string of the molecule is CN=C(NCCCOc1ccccc1)NCC(=O)NCCc1ccccc1. The summed E-state index contributed by atoms with van der Waals surface area (Å²) in [6.07, 6.45) is 1.65. The monoisotopic (exact) mass is 368 g/mol. The van der Waals surface area contributed by atoms with E-state index in [1.165, 1.54) is 5.56 Å². The van der Waals surface area contributed by atoms with E-state index in [1.54, 1.807) is 7.05 Å². The molecule has 144 valence electrons. The Hall–Kier alpha value is -3.02. The van der Waals surface area contributed by atoms with Crippen molar-refractivity contribution in [1.82, 2.24) is 16.0 Å². The molecule has 0 saturated heterocycles. The van der Waals surface area contributed by atoms with Crippen LogP contribution in [0.15, 0.2) is 65.7 Å². The maximum atomic E-state index is 11.9. The van der Waals surface area contributed by atoms with Gasteiger partial charge in [-0.1, -0.05) is 48.5 Å². The molecule has 0 heterocycles. The molecule has 0 aliphatic heterocycles. The zero-order valence-corrected chi connectivity index (χ0v) is 15.8. The van der Waals surface area contributed by atoms with Gasteiger partial charge in [0.05, 0.1) is 13.2 Å². The fourth-order valence-electron chi connectivity index (χ4n) is 2.42. The zero-order chi connectivity index (χ0) is 19.2. The molecular weight excluding hydrogens is 340 g/mol. The Labute approximate surface area is 161 Å². The van der Waals surface area contributed by atoms with Crippen LogP contribution in [0.2, 0.25) is 0 Å². The van der Waals surface area contributed by atoms with E-state index in [0.717, 1.165) is 18.6 Å². The van der Waals surface area contributed by atoms with Gasteiger partial charge < -0.3 is 20.7 Å². The number of para-hydroxylation sites is 1. The highest BCUT2D eigenvalue weighted by molar-refractivity contribution is 5.86. The van der Waals surface area contributed by atoms with E-state index in [9.17, 15) is 4.79 Å². The van der Waals surface area contributed by atoms with Crippen molar-refractivity contribution in [2.24, 2.45) is 4.99 Å². The minimum Gasteiger partial charge on any atom is -0.494 e. The average molecular weight is 368 g/mol. The van der Waals surface area contributed by atoms with E-state index in [1.807, 2.05) is 48.5 Å². The summed E-state index contributed by atoms with van der Waals surface area (Å²) in [5.74, 6) is 1.42. The van der Waals surface area contributed by atoms with E-state index in [4.69, 9.17) is 4.74 Å². The molecule has 1 amide bonds. The van der Waals surface area contributed by atoms with Crippen molar-refractivity contribution in [1.29, 1.82) is 0 Å². The molecule has 0 fully saturated rings. The maximum Gasteiger partial charge on any atom is 0.239 e. The van der Waals surface area contributed by atoms with Crippen LogP contribution in [-0.2, 0) is 11.2 Å². The van der Waals surface area contributed by atoms with E-state index in [0.29, 0.717) is 25.7 Å². The molecular formula is C21H28N4O2. The van der Waals surface area contributed by atoms with Crippen LogP contribution in [0.5, 0.6) is 5.75 Å². The Kier molecular flexibility index (Phi) is 9.28. The van der Waals surface area contributed by atoms with Gasteiger partial charge in [0.25, 0.3) is 0 Å². The van der Waals surface area contributed by atoms with Gasteiger partial charge in [0.2, 0.25) is 5.91 Å². The Morgan fingerprint density at radius 3 is 2.33 bits per heavy atom. The molecule has 6 nitrogen and oxygen atoms in total. The first kappa shape index (κ1) is 20.3. The Morgan fingerprint density at radius 1 is 0.926 bits per heavy atom. The molecule has 0 aliphatic rings. The minimum absolute atomic E-state index is 0.0544. The van der Waals surface area contributed by atoms with Crippen LogP contribution in [0.25, 0.3) is 0 Å². The predicted molar refractivity (Wildman–Crippen MR) is 109 cm³/mol. The lowest BCUT2D eigenvalue weighted by atomic mass is 10.1. The number of hydrogen-bond acceptors (Lipinski definition) is 3. The van der Waals surface area contributed by atoms with Crippen LogP contribution >= 0.6 is 0 Å². The normalized spacial score (nSPS) is 10.9. The number of aliphatic imine (C=N–C) groups is 1. The molecule has 0 aromatic heterocycles. The van der Waals surface area contributed by atoms with Crippen LogP contribution in [0.1, 0.15) is 12.0 Å². The second-order valence-corrected chi connectivity index (χ2v) is 5.95. The molecule has 6 heteroatoms. The molecule has 2 rings (SSSR count). The van der Waals surface area contributed by atoms with Gasteiger partial charge in [-0.15, -0.1) is 0 Å². The summed E-state index contributed by atoms with van der Waals surface area (Å²) in [7, 11) is 1.68. The molecule has 0 aliphatic carbocycles. The van der Waals surface area contributed by atoms with Crippen molar-refractivity contribution in [3.05, 3.63) is 66.2 Å². The van der Waals surface area contributed by atoms with Crippen LogP contribution in [0, 0.1) is 0 Å². The maximum absolute atomic E-state index is 11.9. The van der Waals surface area contributed by atoms with Gasteiger partial charge in [-0.3, -0.25) is 9.79 Å². The number of hydrogen-bond donors (Lipinski definition) is 3. The first-order valence-corrected chi connectivity index (χ1v) is 9.21. The first-order valence-electron chi connectivity index (χ1n) is 9.21. The second kappa shape index (κ2) is 12.4. The summed E-state index contributed by atoms with van der Waals surface area (Å²) in [5, 5.41) is 9.09. The highest BCUT2D eigenvalue weighted by Gasteiger charge is 2.03. The predicted octanol–water partition coefficient (Wildman–Crippen LogP) is 1.98. The fourth-order valence-corrected chi connectivity index (χ4v) is 2.42. The molecule has 2 aromatic rings. The van der Waals surface area contributed by atoms with Crippen molar-refractivity contribution in [2.45, 2.75) is 12.8 Å². The third-order valence-corrected chi connectivity index (χ3v) is 3.84. The molecule has 3 N–H and O–H groups in total. The van der Waals surface area contributed by atoms with Crippen LogP contribution < -0.4 is 20.7 Å². The largest absolute Gasteiger partial charge is 0.494 e. The molecule has 0 spiro atoms. The first-order chi connectivity index (χ1) is 13.3. The lowest BCUT2D eigenvalue weighted by molar-refractivity contribution is -0.119. The van der Waals surface area contributed by atoms with Crippen LogP contribution in [-0.4, -0.2) is 45.2 Å². The lowest BCUT2D eigenvalue weighted by Gasteiger charge is -2.12. The van der Waals surface area contributed by atoms with Crippen LogP contribution in [0.3, 0.4) is 0 Å². The summed E-state index contributed by atoms with van der Waals surface area (Å²) in [6.45, 7) is 2.14. The minimum atomic E-state index is -0.0544. The van der Waals surface area contributed by atoms with Gasteiger partial charge in [0.1, 0.15) is 5.75 Å². The number of nitrogens with zero attached hydrogens (tertiary/aromatic N) is 1. The summed E-state index contributed by atoms with van der Waals surface area (Å²) in [4.78, 5) is 16.0. The molecule has 27 heavy (non-hydrogen) atoms. The number of carbonyl (C=O) groups excluding carboxylic acids is 1. The van der Waals surface area contributed by atoms with E-state index in [2.05, 4.69) is 33.1 Å². The van der Waals surface area contributed by atoms with E-state index >= 15 is 0 Å². The number of ether oxygens (including phenoxy) is 1. The lowest BCUT2D eigenvalue weighted by Crippen LogP contribution is -2.43. The fraction of sp³-hybridized carbons (Fsp3) is 0.333. The standard InChI is InChI=1S/C21H28N4O2/c1-22-21(24-14-8-16-27-19-11-6-3-7-12-19)25-17-20(26)23-15-13-18-9-4-2-5-10-18/h2-7,9-12H,8,13-17H2,1H3,(H,23,26)(H2,22,24,25). The van der Waals surface area contributed by atoms with Crippen molar-refractivity contribution in [3.63, 3.8) is 0 Å². The number of nitrogens with one attached hydrogen (secondary N) is 3. The summed E-state index contributed by atoms with van der Waals surface area (Å²) in [6, 6.07) is 19.8. The Bertz CT molecular complexity index is 690. The van der Waals surface area contributed by atoms with Gasteiger partial charge in [-0.2, -0.15) is 0 Å². The number of rotatable bonds is 10. The molecule has 0 saturated carbocycles. The van der Waals surface area contributed by atoms with E-state index in [-0.39, 0.29) is 12.5 Å². The van der Waals surface area contributed by atoms with Gasteiger partial charge in [-0.25, -0.2) is 0 Å². The highest BCUT2D eigenvalue weighted by Crippen LogP contribution is 2.07. The molecule has 0 atom stereocenters. The number of benzene rings is 2. The summed E-state index contributed by atoms with van der Waals surface area (Å²) in [5.41, 5.74) is 1.21. The zero-order valence-electron chi connectivity index (χ0n) is 15.8. The van der Waals surface area contributed by atoms with E-state index < -0.39 is 0 Å². The van der Waals surface area contributed by atoms with Gasteiger partial charge in [0, 0.05) is 20.1 Å². The quantitative estimate of drug-likeness (QED) is 0.341. The molecule has 0 radical (unpaired) electrons. The van der Waals surface area contributed by atoms with Gasteiger partial charge in [0.15, 0.2) is 5.96 Å². The second-order valence-electron chi connectivity index (χ2n) is 5.95. The van der Waals surface area contributed by atoms with Crippen molar-refractivity contribution < 1.29 is 9.53 Å². The van der Waals surface area contributed by atoms with Gasteiger partial charge in [-0.05, 0) is 30.5 Å². The molecule has 0 bridgehead atoms. The topological polar surface area (TPSA) is 74.8 Å². The average Bonchev–Trinajstić information content (AvgIpc) is 2.71. The Morgan fingerprint density at radius 2 is 1.63 bits per heavy atom. The van der Waals surface area contributed by atoms with Crippen molar-refractivity contribution in [3.8, 4) is 5.75 Å². The smallest absolute Gasteiger partial charge is 0.239 e. The number of amides is 1. The summed E-state index contributed by atoms with van der Waals surface area (Å²) < 4.78 is 5.64. The van der Waals surface area contributed by atoms with Crippen molar-refractivity contribution in [2.75, 3.05) is 33.3 Å². The molecule has 0 unspecified atom stereocenters. The highest BCUT2D eigenvalue weighted by atomic mass is 16.5. The summed E-state index contributed by atoms with van der Waals surface area (Å²) >= 11 is 0. The number of carbonyl (C=O) groups is 1. The van der Waals surface area contributed by atoms with Crippen molar-refractivity contribution >= 4 is 11.9 Å².